The molecule has 0 spiro atoms. The molecule has 1 saturated heterocycles. The Balaban J connectivity index is 1.38. The van der Waals surface area contributed by atoms with Crippen LogP contribution in [0.25, 0.3) is 0 Å². The SMILES string of the molecule is CC1(C(=O)OCC2CO2)CC2CC1C1C3C=CC(C3)C21. The van der Waals surface area contributed by atoms with Crippen LogP contribution in [0.2, 0.25) is 0 Å². The van der Waals surface area contributed by atoms with Gasteiger partial charge in [0.25, 0.3) is 0 Å². The summed E-state index contributed by atoms with van der Waals surface area (Å²) in [5, 5.41) is 0. The minimum atomic E-state index is -0.223. The summed E-state index contributed by atoms with van der Waals surface area (Å²) >= 11 is 0. The summed E-state index contributed by atoms with van der Waals surface area (Å²) in [4.78, 5) is 12.6. The molecule has 0 radical (unpaired) electrons. The molecule has 1 aliphatic heterocycles. The Kier molecular flexibility index (Phi) is 2.17. The second-order valence-corrected chi connectivity index (χ2v) is 7.88. The molecule has 0 aromatic carbocycles. The van der Waals surface area contributed by atoms with Crippen molar-refractivity contribution < 1.29 is 14.3 Å². The van der Waals surface area contributed by atoms with E-state index < -0.39 is 0 Å². The number of esters is 1. The number of epoxide rings is 1. The van der Waals surface area contributed by atoms with Gasteiger partial charge in [-0.15, -0.1) is 0 Å². The highest BCUT2D eigenvalue weighted by Crippen LogP contribution is 2.70. The summed E-state index contributed by atoms with van der Waals surface area (Å²) in [5.41, 5.74) is -0.223. The first-order valence-electron chi connectivity index (χ1n) is 8.14. The molecule has 0 aromatic heterocycles. The van der Waals surface area contributed by atoms with Crippen LogP contribution in [0.15, 0.2) is 12.2 Å². The molecule has 20 heavy (non-hydrogen) atoms. The molecule has 0 aromatic rings. The Morgan fingerprint density at radius 1 is 1.30 bits per heavy atom. The Labute approximate surface area is 119 Å². The Hall–Kier alpha value is -0.830. The molecule has 8 unspecified atom stereocenters. The van der Waals surface area contributed by atoms with E-state index in [4.69, 9.17) is 9.47 Å². The van der Waals surface area contributed by atoms with Crippen molar-refractivity contribution in [3.63, 3.8) is 0 Å². The third-order valence-corrected chi connectivity index (χ3v) is 6.92. The minimum absolute atomic E-state index is 0.0469. The number of fused-ring (bicyclic) bond motifs is 9. The van der Waals surface area contributed by atoms with Gasteiger partial charge in [0.2, 0.25) is 0 Å². The number of carbonyl (C=O) groups is 1. The van der Waals surface area contributed by atoms with Gasteiger partial charge in [0, 0.05) is 0 Å². The number of carbonyl (C=O) groups excluding carboxylic acids is 1. The van der Waals surface area contributed by atoms with Gasteiger partial charge in [-0.05, 0) is 61.7 Å². The normalized spacial score (nSPS) is 57.1. The topological polar surface area (TPSA) is 38.8 Å². The van der Waals surface area contributed by atoms with Crippen LogP contribution in [-0.4, -0.2) is 25.3 Å². The first-order chi connectivity index (χ1) is 9.67. The van der Waals surface area contributed by atoms with Crippen molar-refractivity contribution in [3.8, 4) is 0 Å². The molecule has 108 valence electrons. The zero-order chi connectivity index (χ0) is 13.5. The molecule has 5 rings (SSSR count). The molecule has 1 heterocycles. The standard InChI is InChI=1S/C17H22O3/c1-17(16(18)20-8-12-7-19-12)6-11-5-13(17)15-10-3-2-9(4-10)14(11)15/h2-3,9-15H,4-8H2,1H3. The third-order valence-electron chi connectivity index (χ3n) is 6.92. The maximum Gasteiger partial charge on any atom is 0.312 e. The highest BCUT2D eigenvalue weighted by Gasteiger charge is 2.67. The molecule has 4 fully saturated rings. The van der Waals surface area contributed by atoms with E-state index in [-0.39, 0.29) is 17.5 Å². The fraction of sp³-hybridized carbons (Fsp3) is 0.824. The number of ether oxygens (including phenoxy) is 2. The summed E-state index contributed by atoms with van der Waals surface area (Å²) in [6.07, 6.45) is 8.72. The van der Waals surface area contributed by atoms with Crippen LogP contribution in [0.4, 0.5) is 0 Å². The Bertz CT molecular complexity index is 494. The lowest BCUT2D eigenvalue weighted by Gasteiger charge is -2.41. The molecule has 3 saturated carbocycles. The van der Waals surface area contributed by atoms with E-state index in [1.54, 1.807) is 0 Å². The summed E-state index contributed by atoms with van der Waals surface area (Å²) in [7, 11) is 0. The second kappa shape index (κ2) is 3.68. The van der Waals surface area contributed by atoms with Crippen molar-refractivity contribution in [2.75, 3.05) is 13.2 Å². The average molecular weight is 274 g/mol. The van der Waals surface area contributed by atoms with E-state index in [9.17, 15) is 4.79 Å². The Morgan fingerprint density at radius 2 is 2.05 bits per heavy atom. The lowest BCUT2D eigenvalue weighted by molar-refractivity contribution is -0.161. The van der Waals surface area contributed by atoms with Crippen molar-refractivity contribution >= 4 is 5.97 Å². The van der Waals surface area contributed by atoms with Gasteiger partial charge in [-0.1, -0.05) is 12.2 Å². The average Bonchev–Trinajstić information content (AvgIpc) is 2.82. The fourth-order valence-corrected chi connectivity index (χ4v) is 6.10. The quantitative estimate of drug-likeness (QED) is 0.343. The molecule has 0 N–H and O–H groups in total. The van der Waals surface area contributed by atoms with Gasteiger partial charge in [0.05, 0.1) is 12.0 Å². The Morgan fingerprint density at radius 3 is 2.80 bits per heavy atom. The van der Waals surface area contributed by atoms with Gasteiger partial charge in [-0.2, -0.15) is 0 Å². The van der Waals surface area contributed by atoms with Gasteiger partial charge in [-0.25, -0.2) is 0 Å². The van der Waals surface area contributed by atoms with Gasteiger partial charge < -0.3 is 9.47 Å². The number of hydrogen-bond donors (Lipinski definition) is 0. The van der Waals surface area contributed by atoms with Gasteiger partial charge in [-0.3, -0.25) is 4.79 Å². The van der Waals surface area contributed by atoms with E-state index in [2.05, 4.69) is 19.1 Å². The molecule has 4 aliphatic carbocycles. The van der Waals surface area contributed by atoms with Crippen molar-refractivity contribution in [2.45, 2.75) is 32.3 Å². The van der Waals surface area contributed by atoms with E-state index in [1.165, 1.54) is 12.8 Å². The minimum Gasteiger partial charge on any atom is -0.462 e. The molecule has 4 bridgehead atoms. The third kappa shape index (κ3) is 1.37. The molecule has 8 atom stereocenters. The number of hydrogen-bond acceptors (Lipinski definition) is 3. The van der Waals surface area contributed by atoms with E-state index >= 15 is 0 Å². The highest BCUT2D eigenvalue weighted by molar-refractivity contribution is 5.77. The van der Waals surface area contributed by atoms with Gasteiger partial charge >= 0.3 is 5.97 Å². The molecule has 0 amide bonds. The first kappa shape index (κ1) is 11.8. The molecule has 3 heteroatoms. The molecule has 3 nitrogen and oxygen atoms in total. The van der Waals surface area contributed by atoms with Crippen molar-refractivity contribution in [2.24, 2.45) is 40.9 Å². The van der Waals surface area contributed by atoms with Gasteiger partial charge in [0.15, 0.2) is 0 Å². The monoisotopic (exact) mass is 274 g/mol. The smallest absolute Gasteiger partial charge is 0.312 e. The lowest BCUT2D eigenvalue weighted by atomic mass is 9.63. The zero-order valence-electron chi connectivity index (χ0n) is 12.0. The summed E-state index contributed by atoms with van der Waals surface area (Å²) in [6.45, 7) is 3.39. The van der Waals surface area contributed by atoms with Crippen LogP contribution in [0.3, 0.4) is 0 Å². The van der Waals surface area contributed by atoms with Gasteiger partial charge in [0.1, 0.15) is 12.7 Å². The summed E-state index contributed by atoms with van der Waals surface area (Å²) in [5.74, 6) is 4.58. The number of allylic oxidation sites excluding steroid dienone is 2. The van der Waals surface area contributed by atoms with Crippen molar-refractivity contribution in [3.05, 3.63) is 12.2 Å². The van der Waals surface area contributed by atoms with Crippen molar-refractivity contribution in [1.29, 1.82) is 0 Å². The van der Waals surface area contributed by atoms with Crippen LogP contribution in [0, 0.1) is 40.9 Å². The maximum absolute atomic E-state index is 12.6. The summed E-state index contributed by atoms with van der Waals surface area (Å²) in [6, 6.07) is 0. The molecular formula is C17H22O3. The lowest BCUT2D eigenvalue weighted by Crippen LogP contribution is -2.43. The summed E-state index contributed by atoms with van der Waals surface area (Å²) < 4.78 is 10.7. The van der Waals surface area contributed by atoms with E-state index in [1.807, 2.05) is 0 Å². The highest BCUT2D eigenvalue weighted by atomic mass is 16.6. The predicted molar refractivity (Wildman–Crippen MR) is 72.7 cm³/mol. The van der Waals surface area contributed by atoms with Crippen LogP contribution in [-0.2, 0) is 14.3 Å². The predicted octanol–water partition coefficient (Wildman–Crippen LogP) is 2.41. The van der Waals surface area contributed by atoms with Crippen LogP contribution < -0.4 is 0 Å². The largest absolute Gasteiger partial charge is 0.462 e. The van der Waals surface area contributed by atoms with Crippen molar-refractivity contribution in [1.82, 2.24) is 0 Å². The second-order valence-electron chi connectivity index (χ2n) is 7.88. The van der Waals surface area contributed by atoms with E-state index in [0.29, 0.717) is 12.5 Å². The zero-order valence-corrected chi connectivity index (χ0v) is 12.0. The van der Waals surface area contributed by atoms with E-state index in [0.717, 1.165) is 42.6 Å². The first-order valence-corrected chi connectivity index (χ1v) is 8.14. The van der Waals surface area contributed by atoms with Crippen LogP contribution in [0.1, 0.15) is 26.2 Å². The molecular weight excluding hydrogens is 252 g/mol. The fourth-order valence-electron chi connectivity index (χ4n) is 6.10. The van der Waals surface area contributed by atoms with Crippen LogP contribution >= 0.6 is 0 Å². The number of rotatable bonds is 3. The molecule has 5 aliphatic rings. The maximum atomic E-state index is 12.6. The van der Waals surface area contributed by atoms with Crippen LogP contribution in [0.5, 0.6) is 0 Å².